The number of rotatable bonds is 2. The van der Waals surface area contributed by atoms with Crippen LogP contribution in [0.4, 0.5) is 0 Å². The van der Waals surface area contributed by atoms with E-state index in [1.807, 2.05) is 0 Å². The van der Waals surface area contributed by atoms with Crippen molar-refractivity contribution in [3.63, 3.8) is 0 Å². The standard InChI is InChI=1S/C11H17NO2/c12-10-2-8-1-9(3-10)5-11(4-8,6-10)14-7-13/h7-9H,1-6,12H2. The Bertz CT molecular complexity index is 262. The summed E-state index contributed by atoms with van der Waals surface area (Å²) in [5.41, 5.74) is 6.14. The SMILES string of the molecule is NC12CC3CC(C1)CC(OC=O)(C3)C2. The van der Waals surface area contributed by atoms with Crippen molar-refractivity contribution in [2.75, 3.05) is 0 Å². The Balaban J connectivity index is 1.92. The maximum atomic E-state index is 10.5. The lowest BCUT2D eigenvalue weighted by Crippen LogP contribution is -2.63. The molecule has 0 aromatic carbocycles. The van der Waals surface area contributed by atoms with Gasteiger partial charge in [0.1, 0.15) is 5.60 Å². The molecular weight excluding hydrogens is 178 g/mol. The third-order valence-corrected chi connectivity index (χ3v) is 4.35. The molecule has 0 amide bonds. The Morgan fingerprint density at radius 2 is 1.86 bits per heavy atom. The highest BCUT2D eigenvalue weighted by molar-refractivity contribution is 5.39. The van der Waals surface area contributed by atoms with Crippen LogP contribution in [0.5, 0.6) is 0 Å². The van der Waals surface area contributed by atoms with Crippen LogP contribution in [0.15, 0.2) is 0 Å². The first-order valence-corrected chi connectivity index (χ1v) is 5.54. The topological polar surface area (TPSA) is 52.3 Å². The molecule has 0 aliphatic heterocycles. The van der Waals surface area contributed by atoms with Crippen LogP contribution in [0.2, 0.25) is 0 Å². The average Bonchev–Trinajstić information content (AvgIpc) is 1.97. The number of hydrogen-bond acceptors (Lipinski definition) is 3. The first kappa shape index (κ1) is 8.72. The van der Waals surface area contributed by atoms with Gasteiger partial charge in [0.25, 0.3) is 6.47 Å². The van der Waals surface area contributed by atoms with E-state index in [9.17, 15) is 4.79 Å². The van der Waals surface area contributed by atoms with E-state index in [2.05, 4.69) is 0 Å². The van der Waals surface area contributed by atoms with Gasteiger partial charge in [-0.1, -0.05) is 0 Å². The van der Waals surface area contributed by atoms with E-state index in [4.69, 9.17) is 10.5 Å². The smallest absolute Gasteiger partial charge is 0.293 e. The van der Waals surface area contributed by atoms with Gasteiger partial charge in [0.15, 0.2) is 0 Å². The first-order chi connectivity index (χ1) is 6.63. The lowest BCUT2D eigenvalue weighted by atomic mass is 9.51. The van der Waals surface area contributed by atoms with Gasteiger partial charge in [-0.3, -0.25) is 4.79 Å². The molecule has 4 aliphatic rings. The van der Waals surface area contributed by atoms with E-state index in [0.717, 1.165) is 32.1 Å². The van der Waals surface area contributed by atoms with E-state index in [-0.39, 0.29) is 11.1 Å². The van der Waals surface area contributed by atoms with Crippen molar-refractivity contribution in [2.24, 2.45) is 17.6 Å². The fourth-order valence-corrected chi connectivity index (χ4v) is 4.49. The lowest BCUT2D eigenvalue weighted by Gasteiger charge is -2.59. The monoisotopic (exact) mass is 195 g/mol. The van der Waals surface area contributed by atoms with Crippen molar-refractivity contribution in [1.29, 1.82) is 0 Å². The van der Waals surface area contributed by atoms with Gasteiger partial charge in [0, 0.05) is 12.0 Å². The number of nitrogens with two attached hydrogens (primary N) is 1. The summed E-state index contributed by atoms with van der Waals surface area (Å²) < 4.78 is 5.35. The number of carbonyl (C=O) groups excluding carboxylic acids is 1. The molecule has 0 aromatic rings. The van der Waals surface area contributed by atoms with Crippen LogP contribution >= 0.6 is 0 Å². The van der Waals surface area contributed by atoms with Gasteiger partial charge in [-0.15, -0.1) is 0 Å². The van der Waals surface area contributed by atoms with E-state index >= 15 is 0 Å². The Morgan fingerprint density at radius 1 is 1.21 bits per heavy atom. The summed E-state index contributed by atoms with van der Waals surface area (Å²) in [7, 11) is 0. The molecule has 0 aromatic heterocycles. The van der Waals surface area contributed by atoms with Crippen molar-refractivity contribution in [1.82, 2.24) is 0 Å². The largest absolute Gasteiger partial charge is 0.461 e. The second-order valence-electron chi connectivity index (χ2n) is 5.72. The van der Waals surface area contributed by atoms with Gasteiger partial charge in [-0.25, -0.2) is 0 Å². The minimum absolute atomic E-state index is 0.0207. The fraction of sp³-hybridized carbons (Fsp3) is 0.909. The molecule has 2 atom stereocenters. The highest BCUT2D eigenvalue weighted by Crippen LogP contribution is 2.57. The molecule has 4 rings (SSSR count). The molecule has 0 spiro atoms. The summed E-state index contributed by atoms with van der Waals surface area (Å²) in [5.74, 6) is 1.42. The number of carbonyl (C=O) groups is 1. The zero-order valence-electron chi connectivity index (χ0n) is 8.37. The summed E-state index contributed by atoms with van der Waals surface area (Å²) in [5, 5.41) is 0. The summed E-state index contributed by atoms with van der Waals surface area (Å²) in [6.45, 7) is 0.622. The van der Waals surface area contributed by atoms with Crippen LogP contribution < -0.4 is 5.73 Å². The molecule has 4 aliphatic carbocycles. The second-order valence-corrected chi connectivity index (χ2v) is 5.72. The molecule has 2 unspecified atom stereocenters. The molecule has 0 heterocycles. The van der Waals surface area contributed by atoms with Crippen LogP contribution in [0.3, 0.4) is 0 Å². The number of hydrogen-bond donors (Lipinski definition) is 1. The van der Waals surface area contributed by atoms with Crippen molar-refractivity contribution in [3.8, 4) is 0 Å². The molecule has 0 radical (unpaired) electrons. The van der Waals surface area contributed by atoms with Crippen molar-refractivity contribution >= 4 is 6.47 Å². The van der Waals surface area contributed by atoms with E-state index in [1.54, 1.807) is 0 Å². The Labute approximate surface area is 84.0 Å². The van der Waals surface area contributed by atoms with Gasteiger partial charge in [-0.2, -0.15) is 0 Å². The summed E-state index contributed by atoms with van der Waals surface area (Å²) in [6, 6.07) is 0. The highest BCUT2D eigenvalue weighted by Gasteiger charge is 2.57. The minimum Gasteiger partial charge on any atom is -0.461 e. The molecular formula is C11H17NO2. The van der Waals surface area contributed by atoms with Gasteiger partial charge in [-0.05, 0) is 43.9 Å². The Hall–Kier alpha value is -0.570. The maximum absolute atomic E-state index is 10.5. The van der Waals surface area contributed by atoms with Gasteiger partial charge in [0.05, 0.1) is 0 Å². The third-order valence-electron chi connectivity index (χ3n) is 4.35. The molecule has 4 bridgehead atoms. The van der Waals surface area contributed by atoms with Crippen molar-refractivity contribution < 1.29 is 9.53 Å². The average molecular weight is 195 g/mol. The Morgan fingerprint density at radius 3 is 2.36 bits per heavy atom. The third kappa shape index (κ3) is 1.11. The van der Waals surface area contributed by atoms with E-state index in [0.29, 0.717) is 18.3 Å². The zero-order chi connectivity index (χ0) is 9.81. The van der Waals surface area contributed by atoms with Crippen LogP contribution in [0.25, 0.3) is 0 Å². The summed E-state index contributed by atoms with van der Waals surface area (Å²) in [6.07, 6.45) is 6.61. The van der Waals surface area contributed by atoms with Gasteiger partial charge in [0.2, 0.25) is 0 Å². The highest BCUT2D eigenvalue weighted by atomic mass is 16.5. The molecule has 78 valence electrons. The molecule has 2 N–H and O–H groups in total. The van der Waals surface area contributed by atoms with E-state index in [1.165, 1.54) is 6.42 Å². The Kier molecular flexibility index (Phi) is 1.56. The molecule has 0 saturated heterocycles. The van der Waals surface area contributed by atoms with Gasteiger partial charge >= 0.3 is 0 Å². The first-order valence-electron chi connectivity index (χ1n) is 5.54. The molecule has 14 heavy (non-hydrogen) atoms. The molecule has 4 saturated carbocycles. The van der Waals surface area contributed by atoms with Crippen LogP contribution in [-0.4, -0.2) is 17.6 Å². The predicted octanol–water partition coefficient (Wildman–Crippen LogP) is 1.21. The van der Waals surface area contributed by atoms with Crippen LogP contribution in [0.1, 0.15) is 38.5 Å². The molecule has 4 fully saturated rings. The van der Waals surface area contributed by atoms with Crippen LogP contribution in [0, 0.1) is 11.8 Å². The fourth-order valence-electron chi connectivity index (χ4n) is 4.49. The molecule has 3 nitrogen and oxygen atoms in total. The van der Waals surface area contributed by atoms with Crippen molar-refractivity contribution in [3.05, 3.63) is 0 Å². The quantitative estimate of drug-likeness (QED) is 0.674. The number of ether oxygens (including phenoxy) is 1. The van der Waals surface area contributed by atoms with Crippen molar-refractivity contribution in [2.45, 2.75) is 49.7 Å². The lowest BCUT2D eigenvalue weighted by molar-refractivity contribution is -0.175. The normalized spacial score (nSPS) is 54.6. The summed E-state index contributed by atoms with van der Waals surface area (Å²) >= 11 is 0. The second kappa shape index (κ2) is 2.51. The molecule has 3 heteroatoms. The van der Waals surface area contributed by atoms with E-state index < -0.39 is 0 Å². The summed E-state index contributed by atoms with van der Waals surface area (Å²) in [4.78, 5) is 10.5. The van der Waals surface area contributed by atoms with Crippen LogP contribution in [-0.2, 0) is 9.53 Å². The zero-order valence-corrected chi connectivity index (χ0v) is 8.37. The minimum atomic E-state index is -0.180. The van der Waals surface area contributed by atoms with Gasteiger partial charge < -0.3 is 10.5 Å². The maximum Gasteiger partial charge on any atom is 0.293 e. The predicted molar refractivity (Wildman–Crippen MR) is 51.5 cm³/mol.